The predicted octanol–water partition coefficient (Wildman–Crippen LogP) is 2.38. The third-order valence-corrected chi connectivity index (χ3v) is 2.52. The van der Waals surface area contributed by atoms with Gasteiger partial charge in [0, 0.05) is 25.5 Å². The molecule has 0 bridgehead atoms. The van der Waals surface area contributed by atoms with Crippen LogP contribution in [0.3, 0.4) is 0 Å². The molecule has 0 atom stereocenters. The molecule has 2 aromatic rings. The van der Waals surface area contributed by atoms with Gasteiger partial charge in [-0.2, -0.15) is 0 Å². The Labute approximate surface area is 101 Å². The fourth-order valence-electron chi connectivity index (χ4n) is 1.64. The molecule has 2 rings (SSSR count). The summed E-state index contributed by atoms with van der Waals surface area (Å²) in [6, 6.07) is 12.1. The van der Waals surface area contributed by atoms with Crippen LogP contribution in [0.1, 0.15) is 11.1 Å². The Bertz CT molecular complexity index is 457. The van der Waals surface area contributed by atoms with Gasteiger partial charge in [-0.15, -0.1) is 0 Å². The van der Waals surface area contributed by atoms with E-state index in [1.54, 1.807) is 13.3 Å². The summed E-state index contributed by atoms with van der Waals surface area (Å²) in [6.07, 6.45) is 3.66. The molecule has 0 aliphatic heterocycles. The highest BCUT2D eigenvalue weighted by Gasteiger charge is 1.96. The molecule has 0 amide bonds. The van der Waals surface area contributed by atoms with Crippen molar-refractivity contribution in [1.82, 2.24) is 10.3 Å². The van der Waals surface area contributed by atoms with E-state index in [2.05, 4.69) is 22.4 Å². The molecule has 0 aliphatic rings. The van der Waals surface area contributed by atoms with Gasteiger partial charge in [0.2, 0.25) is 0 Å². The largest absolute Gasteiger partial charge is 0.497 e. The highest BCUT2D eigenvalue weighted by atomic mass is 16.5. The van der Waals surface area contributed by atoms with E-state index < -0.39 is 0 Å². The fourth-order valence-corrected chi connectivity index (χ4v) is 1.64. The van der Waals surface area contributed by atoms with Crippen LogP contribution in [0.15, 0.2) is 48.8 Å². The second kappa shape index (κ2) is 6.01. The molecular weight excluding hydrogens is 212 g/mol. The lowest BCUT2D eigenvalue weighted by molar-refractivity contribution is 0.414. The standard InChI is InChI=1S/C14H16N2O/c1-17-14-6-2-4-12(8-14)9-16-11-13-5-3-7-15-10-13/h2-8,10,16H,9,11H2,1H3. The Morgan fingerprint density at radius 3 is 2.71 bits per heavy atom. The van der Waals surface area contributed by atoms with Crippen molar-refractivity contribution in [3.63, 3.8) is 0 Å². The van der Waals surface area contributed by atoms with Crippen molar-refractivity contribution in [2.24, 2.45) is 0 Å². The number of benzene rings is 1. The van der Waals surface area contributed by atoms with E-state index in [4.69, 9.17) is 4.74 Å². The van der Waals surface area contributed by atoms with E-state index in [0.29, 0.717) is 0 Å². The van der Waals surface area contributed by atoms with Gasteiger partial charge in [0.1, 0.15) is 5.75 Å². The molecule has 0 saturated carbocycles. The van der Waals surface area contributed by atoms with Crippen molar-refractivity contribution in [2.45, 2.75) is 13.1 Å². The first-order valence-electron chi connectivity index (χ1n) is 5.61. The minimum atomic E-state index is 0.824. The van der Waals surface area contributed by atoms with E-state index in [-0.39, 0.29) is 0 Å². The maximum atomic E-state index is 5.18. The molecule has 3 heteroatoms. The summed E-state index contributed by atoms with van der Waals surface area (Å²) >= 11 is 0. The van der Waals surface area contributed by atoms with Gasteiger partial charge in [0.05, 0.1) is 7.11 Å². The molecule has 0 fully saturated rings. The van der Waals surface area contributed by atoms with Crippen LogP contribution in [-0.4, -0.2) is 12.1 Å². The summed E-state index contributed by atoms with van der Waals surface area (Å²) in [5, 5.41) is 3.37. The number of methoxy groups -OCH3 is 1. The number of rotatable bonds is 5. The first kappa shape index (κ1) is 11.6. The Morgan fingerprint density at radius 1 is 1.12 bits per heavy atom. The van der Waals surface area contributed by atoms with Crippen molar-refractivity contribution >= 4 is 0 Å². The maximum Gasteiger partial charge on any atom is 0.119 e. The molecule has 0 saturated heterocycles. The second-order valence-electron chi connectivity index (χ2n) is 3.82. The molecule has 1 N–H and O–H groups in total. The molecule has 0 spiro atoms. The first-order chi connectivity index (χ1) is 8.38. The van der Waals surface area contributed by atoms with Crippen molar-refractivity contribution in [3.05, 3.63) is 59.9 Å². The zero-order valence-corrected chi connectivity index (χ0v) is 9.89. The topological polar surface area (TPSA) is 34.1 Å². The fraction of sp³-hybridized carbons (Fsp3) is 0.214. The van der Waals surface area contributed by atoms with Crippen LogP contribution in [0.25, 0.3) is 0 Å². The SMILES string of the molecule is COc1cccc(CNCc2cccnc2)c1. The van der Waals surface area contributed by atoms with Crippen LogP contribution in [0.2, 0.25) is 0 Å². The van der Waals surface area contributed by atoms with Crippen molar-refractivity contribution in [3.8, 4) is 5.75 Å². The van der Waals surface area contributed by atoms with Gasteiger partial charge < -0.3 is 10.1 Å². The number of hydrogen-bond donors (Lipinski definition) is 1. The minimum Gasteiger partial charge on any atom is -0.497 e. The molecule has 1 heterocycles. The van der Waals surface area contributed by atoms with Gasteiger partial charge in [-0.05, 0) is 29.3 Å². The third-order valence-electron chi connectivity index (χ3n) is 2.52. The van der Waals surface area contributed by atoms with Crippen LogP contribution in [0, 0.1) is 0 Å². The van der Waals surface area contributed by atoms with Crippen LogP contribution in [-0.2, 0) is 13.1 Å². The van der Waals surface area contributed by atoms with Crippen molar-refractivity contribution < 1.29 is 4.74 Å². The van der Waals surface area contributed by atoms with Gasteiger partial charge >= 0.3 is 0 Å². The summed E-state index contributed by atoms with van der Waals surface area (Å²) in [4.78, 5) is 4.08. The molecule has 0 unspecified atom stereocenters. The minimum absolute atomic E-state index is 0.824. The van der Waals surface area contributed by atoms with Gasteiger partial charge in [0.15, 0.2) is 0 Å². The number of pyridine rings is 1. The van der Waals surface area contributed by atoms with E-state index >= 15 is 0 Å². The maximum absolute atomic E-state index is 5.18. The predicted molar refractivity (Wildman–Crippen MR) is 67.8 cm³/mol. The zero-order valence-electron chi connectivity index (χ0n) is 9.89. The number of ether oxygens (including phenoxy) is 1. The van der Waals surface area contributed by atoms with Crippen LogP contribution in [0.5, 0.6) is 5.75 Å². The Morgan fingerprint density at radius 2 is 1.94 bits per heavy atom. The van der Waals surface area contributed by atoms with E-state index in [1.165, 1.54) is 11.1 Å². The van der Waals surface area contributed by atoms with E-state index in [9.17, 15) is 0 Å². The summed E-state index contributed by atoms with van der Waals surface area (Å²) in [5.74, 6) is 0.894. The molecule has 1 aromatic heterocycles. The Hall–Kier alpha value is -1.87. The third kappa shape index (κ3) is 3.57. The van der Waals surface area contributed by atoms with Gasteiger partial charge in [-0.1, -0.05) is 18.2 Å². The molecule has 1 aromatic carbocycles. The summed E-state index contributed by atoms with van der Waals surface area (Å²) in [5.41, 5.74) is 2.41. The van der Waals surface area contributed by atoms with Gasteiger partial charge in [0.25, 0.3) is 0 Å². The Balaban J connectivity index is 1.86. The average Bonchev–Trinajstić information content (AvgIpc) is 2.40. The molecule has 0 radical (unpaired) electrons. The molecule has 17 heavy (non-hydrogen) atoms. The van der Waals surface area contributed by atoms with Crippen LogP contribution < -0.4 is 10.1 Å². The normalized spacial score (nSPS) is 10.2. The summed E-state index contributed by atoms with van der Waals surface area (Å²) in [6.45, 7) is 1.65. The van der Waals surface area contributed by atoms with Crippen LogP contribution >= 0.6 is 0 Å². The van der Waals surface area contributed by atoms with Crippen molar-refractivity contribution in [2.75, 3.05) is 7.11 Å². The van der Waals surface area contributed by atoms with Crippen molar-refractivity contribution in [1.29, 1.82) is 0 Å². The first-order valence-corrected chi connectivity index (χ1v) is 5.61. The molecule has 0 aliphatic carbocycles. The number of hydrogen-bond acceptors (Lipinski definition) is 3. The van der Waals surface area contributed by atoms with E-state index in [1.807, 2.05) is 30.5 Å². The number of nitrogens with zero attached hydrogens (tertiary/aromatic N) is 1. The number of aromatic nitrogens is 1. The monoisotopic (exact) mass is 228 g/mol. The lowest BCUT2D eigenvalue weighted by atomic mass is 10.2. The Kier molecular flexibility index (Phi) is 4.11. The summed E-state index contributed by atoms with van der Waals surface area (Å²) < 4.78 is 5.18. The van der Waals surface area contributed by atoms with E-state index in [0.717, 1.165) is 18.8 Å². The highest BCUT2D eigenvalue weighted by Crippen LogP contribution is 2.12. The lowest BCUT2D eigenvalue weighted by Crippen LogP contribution is -2.12. The molecule has 3 nitrogen and oxygen atoms in total. The smallest absolute Gasteiger partial charge is 0.119 e. The zero-order chi connectivity index (χ0) is 11.9. The summed E-state index contributed by atoms with van der Waals surface area (Å²) in [7, 11) is 1.68. The molecular formula is C14H16N2O. The number of nitrogens with one attached hydrogen (secondary N) is 1. The lowest BCUT2D eigenvalue weighted by Gasteiger charge is -2.06. The van der Waals surface area contributed by atoms with Gasteiger partial charge in [-0.25, -0.2) is 0 Å². The average molecular weight is 228 g/mol. The van der Waals surface area contributed by atoms with Gasteiger partial charge in [-0.3, -0.25) is 4.98 Å². The second-order valence-corrected chi connectivity index (χ2v) is 3.82. The molecule has 88 valence electrons. The highest BCUT2D eigenvalue weighted by molar-refractivity contribution is 5.28. The quantitative estimate of drug-likeness (QED) is 0.853. The van der Waals surface area contributed by atoms with Crippen LogP contribution in [0.4, 0.5) is 0 Å².